The van der Waals surface area contributed by atoms with Crippen molar-refractivity contribution in [3.05, 3.63) is 22.7 Å². The number of nitrogens with two attached hydrogens (primary N) is 1. The molecule has 1 aromatic rings. The highest BCUT2D eigenvalue weighted by Gasteiger charge is 2.01. The van der Waals surface area contributed by atoms with Gasteiger partial charge in [0.25, 0.3) is 0 Å². The summed E-state index contributed by atoms with van der Waals surface area (Å²) in [5, 5.41) is 14.5. The highest BCUT2D eigenvalue weighted by atomic mass is 79.9. The van der Waals surface area contributed by atoms with Crippen molar-refractivity contribution in [3.63, 3.8) is 0 Å². The van der Waals surface area contributed by atoms with Crippen LogP contribution in [-0.4, -0.2) is 24.7 Å². The quantitative estimate of drug-likeness (QED) is 0.248. The van der Waals surface area contributed by atoms with Crippen molar-refractivity contribution in [2.75, 3.05) is 19.0 Å². The number of hydrogen-bond donors (Lipinski definition) is 3. The van der Waals surface area contributed by atoms with Crippen LogP contribution < -0.4 is 15.8 Å². The van der Waals surface area contributed by atoms with Gasteiger partial charge in [0.05, 0.1) is 12.8 Å². The van der Waals surface area contributed by atoms with Crippen LogP contribution in [-0.2, 0) is 0 Å². The van der Waals surface area contributed by atoms with Gasteiger partial charge in [-0.15, -0.1) is 0 Å². The third-order valence-electron chi connectivity index (χ3n) is 2.23. The van der Waals surface area contributed by atoms with E-state index in [4.69, 9.17) is 15.7 Å². The molecule has 0 saturated carbocycles. The molecular formula is C11H16BrN3O2. The van der Waals surface area contributed by atoms with Gasteiger partial charge in [0.1, 0.15) is 11.6 Å². The van der Waals surface area contributed by atoms with E-state index in [0.717, 1.165) is 28.9 Å². The van der Waals surface area contributed by atoms with Crippen LogP contribution in [0.5, 0.6) is 5.75 Å². The van der Waals surface area contributed by atoms with Crippen LogP contribution >= 0.6 is 15.9 Å². The molecule has 0 bridgehead atoms. The van der Waals surface area contributed by atoms with Gasteiger partial charge in [-0.05, 0) is 34.5 Å². The fraction of sp³-hybridized carbons (Fsp3) is 0.364. The topological polar surface area (TPSA) is 79.9 Å². The van der Waals surface area contributed by atoms with Gasteiger partial charge in [-0.1, -0.05) is 5.16 Å². The summed E-state index contributed by atoms with van der Waals surface area (Å²) in [4.78, 5) is 0. The first-order valence-electron chi connectivity index (χ1n) is 5.21. The van der Waals surface area contributed by atoms with Crippen LogP contribution in [0.3, 0.4) is 0 Å². The van der Waals surface area contributed by atoms with Gasteiger partial charge in [0.15, 0.2) is 0 Å². The molecule has 0 unspecified atom stereocenters. The summed E-state index contributed by atoms with van der Waals surface area (Å²) in [5.41, 5.74) is 6.33. The van der Waals surface area contributed by atoms with Crippen LogP contribution in [0.4, 0.5) is 5.69 Å². The van der Waals surface area contributed by atoms with E-state index < -0.39 is 0 Å². The lowest BCUT2D eigenvalue weighted by Crippen LogP contribution is -2.13. The van der Waals surface area contributed by atoms with Crippen molar-refractivity contribution in [3.8, 4) is 5.75 Å². The number of nitrogens with one attached hydrogen (secondary N) is 1. The third kappa shape index (κ3) is 4.52. The van der Waals surface area contributed by atoms with Gasteiger partial charge < -0.3 is 21.0 Å². The van der Waals surface area contributed by atoms with Crippen molar-refractivity contribution >= 4 is 27.5 Å². The Morgan fingerprint density at radius 3 is 3.00 bits per heavy atom. The van der Waals surface area contributed by atoms with Crippen LogP contribution in [0.15, 0.2) is 27.8 Å². The lowest BCUT2D eigenvalue weighted by Gasteiger charge is -2.10. The van der Waals surface area contributed by atoms with Gasteiger partial charge in [-0.2, -0.15) is 0 Å². The number of nitrogens with zero attached hydrogens (tertiary/aromatic N) is 1. The SMILES string of the molecule is COc1ccc(Br)c(NCCCC(N)=NO)c1. The maximum Gasteiger partial charge on any atom is 0.139 e. The zero-order valence-electron chi connectivity index (χ0n) is 9.61. The summed E-state index contributed by atoms with van der Waals surface area (Å²) in [6.45, 7) is 0.738. The molecule has 6 heteroatoms. The number of amidine groups is 1. The zero-order valence-corrected chi connectivity index (χ0v) is 11.2. The lowest BCUT2D eigenvalue weighted by molar-refractivity contribution is 0.316. The molecule has 0 heterocycles. The minimum Gasteiger partial charge on any atom is -0.497 e. The summed E-state index contributed by atoms with van der Waals surface area (Å²) < 4.78 is 6.11. The Bertz CT molecular complexity index is 396. The molecule has 0 saturated heterocycles. The van der Waals surface area contributed by atoms with Crippen molar-refractivity contribution in [1.29, 1.82) is 0 Å². The maximum atomic E-state index is 8.38. The van der Waals surface area contributed by atoms with E-state index in [1.165, 1.54) is 0 Å². The lowest BCUT2D eigenvalue weighted by atomic mass is 10.2. The predicted molar refractivity (Wildman–Crippen MR) is 71.8 cm³/mol. The largest absolute Gasteiger partial charge is 0.497 e. The van der Waals surface area contributed by atoms with E-state index in [2.05, 4.69) is 26.4 Å². The molecule has 0 aliphatic carbocycles. The second-order valence-electron chi connectivity index (χ2n) is 3.47. The summed E-state index contributed by atoms with van der Waals surface area (Å²) in [5.74, 6) is 1.05. The van der Waals surface area contributed by atoms with Crippen LogP contribution in [0, 0.1) is 0 Å². The number of benzene rings is 1. The van der Waals surface area contributed by atoms with Crippen LogP contribution in [0.1, 0.15) is 12.8 Å². The van der Waals surface area contributed by atoms with Gasteiger partial charge >= 0.3 is 0 Å². The minimum atomic E-state index is 0.247. The van der Waals surface area contributed by atoms with E-state index in [1.54, 1.807) is 7.11 Å². The monoisotopic (exact) mass is 301 g/mol. The fourth-order valence-electron chi connectivity index (χ4n) is 1.31. The molecule has 5 nitrogen and oxygen atoms in total. The smallest absolute Gasteiger partial charge is 0.139 e. The molecule has 0 spiro atoms. The van der Waals surface area contributed by atoms with Gasteiger partial charge in [0, 0.05) is 23.5 Å². The Labute approximate surface area is 109 Å². The number of methoxy groups -OCH3 is 1. The standard InChI is InChI=1S/C11H16BrN3O2/c1-17-8-4-5-9(12)10(7-8)14-6-2-3-11(13)15-16/h4-5,7,14,16H,2-3,6H2,1H3,(H2,13,15). The van der Waals surface area contributed by atoms with E-state index in [-0.39, 0.29) is 5.84 Å². The van der Waals surface area contributed by atoms with Crippen molar-refractivity contribution in [1.82, 2.24) is 0 Å². The first-order chi connectivity index (χ1) is 8.17. The summed E-state index contributed by atoms with van der Waals surface area (Å²) in [7, 11) is 1.63. The van der Waals surface area contributed by atoms with Crippen molar-refractivity contribution < 1.29 is 9.94 Å². The summed E-state index contributed by atoms with van der Waals surface area (Å²) >= 11 is 3.45. The molecular weight excluding hydrogens is 286 g/mol. The highest BCUT2D eigenvalue weighted by molar-refractivity contribution is 9.10. The Morgan fingerprint density at radius 1 is 1.59 bits per heavy atom. The van der Waals surface area contributed by atoms with Gasteiger partial charge in [-0.3, -0.25) is 0 Å². The van der Waals surface area contributed by atoms with E-state index >= 15 is 0 Å². The molecule has 94 valence electrons. The third-order valence-corrected chi connectivity index (χ3v) is 2.92. The number of halogens is 1. The molecule has 0 aliphatic rings. The molecule has 0 amide bonds. The number of hydrogen-bond acceptors (Lipinski definition) is 4. The molecule has 1 aromatic carbocycles. The predicted octanol–water partition coefficient (Wildman–Crippen LogP) is 2.40. The van der Waals surface area contributed by atoms with Gasteiger partial charge in [-0.25, -0.2) is 0 Å². The average molecular weight is 302 g/mol. The molecule has 4 N–H and O–H groups in total. The van der Waals surface area contributed by atoms with E-state index in [1.807, 2.05) is 18.2 Å². The molecule has 1 rings (SSSR count). The van der Waals surface area contributed by atoms with Crippen LogP contribution in [0.2, 0.25) is 0 Å². The first kappa shape index (κ1) is 13.6. The summed E-state index contributed by atoms with van der Waals surface area (Å²) in [6, 6.07) is 5.71. The number of rotatable bonds is 6. The first-order valence-corrected chi connectivity index (χ1v) is 6.00. The molecule has 0 aromatic heterocycles. The van der Waals surface area contributed by atoms with E-state index in [0.29, 0.717) is 6.42 Å². The normalized spacial score (nSPS) is 11.3. The minimum absolute atomic E-state index is 0.247. The molecule has 0 fully saturated rings. The van der Waals surface area contributed by atoms with Crippen molar-refractivity contribution in [2.24, 2.45) is 10.9 Å². The maximum absolute atomic E-state index is 8.38. The second-order valence-corrected chi connectivity index (χ2v) is 4.32. The molecule has 0 aliphatic heterocycles. The second kappa shape index (κ2) is 7.01. The Balaban J connectivity index is 2.46. The Kier molecular flexibility index (Phi) is 5.62. The number of anilines is 1. The fourth-order valence-corrected chi connectivity index (χ4v) is 1.70. The van der Waals surface area contributed by atoms with E-state index in [9.17, 15) is 0 Å². The molecule has 0 radical (unpaired) electrons. The summed E-state index contributed by atoms with van der Waals surface area (Å²) in [6.07, 6.45) is 1.35. The number of ether oxygens (including phenoxy) is 1. The molecule has 17 heavy (non-hydrogen) atoms. The Hall–Kier alpha value is -1.43. The highest BCUT2D eigenvalue weighted by Crippen LogP contribution is 2.26. The zero-order chi connectivity index (χ0) is 12.7. The van der Waals surface area contributed by atoms with Crippen LogP contribution in [0.25, 0.3) is 0 Å². The van der Waals surface area contributed by atoms with Gasteiger partial charge in [0.2, 0.25) is 0 Å². The average Bonchev–Trinajstić information content (AvgIpc) is 2.36. The molecule has 0 atom stereocenters. The van der Waals surface area contributed by atoms with Crippen molar-refractivity contribution in [2.45, 2.75) is 12.8 Å². The number of oxime groups is 1. The Morgan fingerprint density at radius 2 is 2.35 bits per heavy atom.